The summed E-state index contributed by atoms with van der Waals surface area (Å²) in [6.07, 6.45) is 3.89. The van der Waals surface area contributed by atoms with Crippen LogP contribution in [-0.2, 0) is 30.4 Å². The molecule has 0 aliphatic carbocycles. The van der Waals surface area contributed by atoms with Crippen LogP contribution in [-0.4, -0.2) is 97.7 Å². The largest absolute Gasteiger partial charge is 0.481 e. The Kier molecular flexibility index (Phi) is 12.6. The molecule has 190 valence electrons. The van der Waals surface area contributed by atoms with Crippen LogP contribution in [0.15, 0.2) is 12.5 Å². The number of hydrogen-bond donors (Lipinski definition) is 8. The molecule has 0 radical (unpaired) electrons. The van der Waals surface area contributed by atoms with Crippen molar-refractivity contribution in [2.24, 2.45) is 5.73 Å². The van der Waals surface area contributed by atoms with Crippen molar-refractivity contribution >= 4 is 41.4 Å². The zero-order valence-electron chi connectivity index (χ0n) is 18.5. The summed E-state index contributed by atoms with van der Waals surface area (Å²) in [5.41, 5.74) is 5.92. The zero-order valence-corrected chi connectivity index (χ0v) is 19.3. The Morgan fingerprint density at radius 3 is 2.12 bits per heavy atom. The lowest BCUT2D eigenvalue weighted by Gasteiger charge is -2.24. The van der Waals surface area contributed by atoms with Gasteiger partial charge in [-0.1, -0.05) is 0 Å². The Balaban J connectivity index is 2.96. The van der Waals surface area contributed by atoms with E-state index >= 15 is 0 Å². The number of aliphatic hydroxyl groups is 1. The first-order chi connectivity index (χ1) is 16.1. The number of imidazole rings is 1. The summed E-state index contributed by atoms with van der Waals surface area (Å²) in [5.74, 6) is -4.53. The standard InChI is InChI=1S/C19H30N6O8S/c1-34-5-4-13(18(31)25-14(19(32)33)6-10-7-21-9-22-10)24-17(30)12(2-3-15(27)28)23-16(29)11(20)8-26/h7,9,11-14,26H,2-6,8,20H2,1H3,(H,21,22)(H,23,29)(H,24,30)(H,25,31)(H,27,28)(H,32,33). The molecule has 14 nitrogen and oxygen atoms in total. The Morgan fingerprint density at radius 1 is 1.03 bits per heavy atom. The van der Waals surface area contributed by atoms with Gasteiger partial charge in [-0.2, -0.15) is 11.8 Å². The number of carbonyl (C=O) groups is 5. The van der Waals surface area contributed by atoms with E-state index in [4.69, 9.17) is 15.9 Å². The van der Waals surface area contributed by atoms with Gasteiger partial charge in [0.1, 0.15) is 24.2 Å². The summed E-state index contributed by atoms with van der Waals surface area (Å²) in [6.45, 7) is -0.690. The molecule has 0 aromatic carbocycles. The van der Waals surface area contributed by atoms with Gasteiger partial charge in [0.15, 0.2) is 0 Å². The van der Waals surface area contributed by atoms with Crippen LogP contribution in [0.3, 0.4) is 0 Å². The van der Waals surface area contributed by atoms with Crippen LogP contribution in [0.2, 0.25) is 0 Å². The molecule has 1 rings (SSSR count). The number of nitrogens with one attached hydrogen (secondary N) is 4. The van der Waals surface area contributed by atoms with Crippen LogP contribution < -0.4 is 21.7 Å². The van der Waals surface area contributed by atoms with E-state index in [-0.39, 0.29) is 19.3 Å². The van der Waals surface area contributed by atoms with Crippen molar-refractivity contribution in [2.45, 2.75) is 49.9 Å². The fourth-order valence-corrected chi connectivity index (χ4v) is 3.24. The molecule has 1 aromatic heterocycles. The molecular formula is C19H30N6O8S. The van der Waals surface area contributed by atoms with Crippen LogP contribution in [0.4, 0.5) is 0 Å². The number of hydrogen-bond acceptors (Lipinski definition) is 9. The van der Waals surface area contributed by atoms with Gasteiger partial charge in [0.25, 0.3) is 0 Å². The molecule has 34 heavy (non-hydrogen) atoms. The number of thioether (sulfide) groups is 1. The lowest BCUT2D eigenvalue weighted by molar-refractivity contribution is -0.142. The third kappa shape index (κ3) is 10.2. The summed E-state index contributed by atoms with van der Waals surface area (Å²) in [7, 11) is 0. The lowest BCUT2D eigenvalue weighted by Crippen LogP contribution is -2.57. The number of amides is 3. The topological polar surface area (TPSA) is 237 Å². The van der Waals surface area contributed by atoms with Crippen LogP contribution in [0, 0.1) is 0 Å². The summed E-state index contributed by atoms with van der Waals surface area (Å²) >= 11 is 1.39. The SMILES string of the molecule is CSCCC(NC(=O)C(CCC(=O)O)NC(=O)C(N)CO)C(=O)NC(Cc1cnc[nH]1)C(=O)O. The molecule has 0 saturated heterocycles. The summed E-state index contributed by atoms with van der Waals surface area (Å²) in [6, 6.07) is -5.12. The normalized spacial score (nSPS) is 14.3. The van der Waals surface area contributed by atoms with Crippen LogP contribution in [0.1, 0.15) is 25.0 Å². The van der Waals surface area contributed by atoms with Gasteiger partial charge in [0.05, 0.1) is 12.9 Å². The number of carboxylic acids is 2. The summed E-state index contributed by atoms with van der Waals surface area (Å²) in [4.78, 5) is 66.8. The highest BCUT2D eigenvalue weighted by Crippen LogP contribution is 2.06. The number of aliphatic hydroxyl groups excluding tert-OH is 1. The average molecular weight is 503 g/mol. The first-order valence-electron chi connectivity index (χ1n) is 10.3. The predicted molar refractivity (Wildman–Crippen MR) is 121 cm³/mol. The second kappa shape index (κ2) is 14.9. The number of aromatic amines is 1. The lowest BCUT2D eigenvalue weighted by atomic mass is 10.1. The van der Waals surface area contributed by atoms with Crippen molar-refractivity contribution in [1.29, 1.82) is 0 Å². The summed E-state index contributed by atoms with van der Waals surface area (Å²) in [5, 5.41) is 34.5. The Morgan fingerprint density at radius 2 is 1.62 bits per heavy atom. The van der Waals surface area contributed by atoms with E-state index in [0.29, 0.717) is 11.4 Å². The third-order valence-corrected chi connectivity index (χ3v) is 5.29. The van der Waals surface area contributed by atoms with Gasteiger partial charge in [-0.15, -0.1) is 0 Å². The van der Waals surface area contributed by atoms with Crippen molar-refractivity contribution in [3.05, 3.63) is 18.2 Å². The molecule has 1 aromatic rings. The number of nitrogens with two attached hydrogens (primary N) is 1. The molecule has 0 saturated carbocycles. The van der Waals surface area contributed by atoms with E-state index in [0.717, 1.165) is 0 Å². The van der Waals surface area contributed by atoms with Crippen molar-refractivity contribution in [1.82, 2.24) is 25.9 Å². The molecule has 3 amide bonds. The van der Waals surface area contributed by atoms with Crippen LogP contribution in [0.5, 0.6) is 0 Å². The van der Waals surface area contributed by atoms with E-state index in [9.17, 15) is 29.1 Å². The number of aromatic nitrogens is 2. The molecule has 0 aliphatic rings. The molecule has 9 N–H and O–H groups in total. The van der Waals surface area contributed by atoms with E-state index < -0.39 is 66.9 Å². The minimum atomic E-state index is -1.34. The molecule has 15 heteroatoms. The minimum Gasteiger partial charge on any atom is -0.481 e. The first kappa shape index (κ1) is 28.9. The Bertz CT molecular complexity index is 837. The van der Waals surface area contributed by atoms with Gasteiger partial charge in [0.2, 0.25) is 17.7 Å². The van der Waals surface area contributed by atoms with Crippen molar-refractivity contribution in [2.75, 3.05) is 18.6 Å². The van der Waals surface area contributed by atoms with Gasteiger partial charge in [-0.25, -0.2) is 9.78 Å². The predicted octanol–water partition coefficient (Wildman–Crippen LogP) is -2.57. The number of aliphatic carboxylic acids is 2. The number of carboxylic acid groups (broad SMARTS) is 2. The fraction of sp³-hybridized carbons (Fsp3) is 0.579. The quantitative estimate of drug-likeness (QED) is 0.117. The van der Waals surface area contributed by atoms with Gasteiger partial charge >= 0.3 is 11.9 Å². The maximum absolute atomic E-state index is 12.8. The van der Waals surface area contributed by atoms with Crippen LogP contribution >= 0.6 is 11.8 Å². The number of H-pyrrole nitrogens is 1. The molecular weight excluding hydrogens is 472 g/mol. The fourth-order valence-electron chi connectivity index (χ4n) is 2.76. The van der Waals surface area contributed by atoms with E-state index in [2.05, 4.69) is 25.9 Å². The smallest absolute Gasteiger partial charge is 0.326 e. The third-order valence-electron chi connectivity index (χ3n) is 4.65. The maximum Gasteiger partial charge on any atom is 0.326 e. The molecule has 0 fully saturated rings. The maximum atomic E-state index is 12.8. The molecule has 4 unspecified atom stereocenters. The number of nitrogens with zero attached hydrogens (tertiary/aromatic N) is 1. The highest BCUT2D eigenvalue weighted by atomic mass is 32.2. The first-order valence-corrected chi connectivity index (χ1v) is 11.7. The Hall–Kier alpha value is -3.17. The van der Waals surface area contributed by atoms with Crippen LogP contribution in [0.25, 0.3) is 0 Å². The minimum absolute atomic E-state index is 0.0688. The van der Waals surface area contributed by atoms with Crippen molar-refractivity contribution in [3.8, 4) is 0 Å². The summed E-state index contributed by atoms with van der Waals surface area (Å²) < 4.78 is 0. The van der Waals surface area contributed by atoms with E-state index in [1.807, 2.05) is 0 Å². The van der Waals surface area contributed by atoms with Gasteiger partial charge in [-0.3, -0.25) is 19.2 Å². The van der Waals surface area contributed by atoms with Crippen molar-refractivity contribution in [3.63, 3.8) is 0 Å². The Labute approximate surface area is 199 Å². The molecule has 0 aliphatic heterocycles. The van der Waals surface area contributed by atoms with E-state index in [1.165, 1.54) is 24.3 Å². The van der Waals surface area contributed by atoms with Gasteiger partial charge < -0.3 is 42.0 Å². The second-order valence-corrected chi connectivity index (χ2v) is 8.29. The number of carbonyl (C=O) groups excluding carboxylic acids is 3. The zero-order chi connectivity index (χ0) is 25.7. The van der Waals surface area contributed by atoms with Crippen molar-refractivity contribution < 1.29 is 39.3 Å². The van der Waals surface area contributed by atoms with Gasteiger partial charge in [-0.05, 0) is 24.9 Å². The highest BCUT2D eigenvalue weighted by Gasteiger charge is 2.30. The molecule has 0 spiro atoms. The van der Waals surface area contributed by atoms with E-state index in [1.54, 1.807) is 6.26 Å². The monoisotopic (exact) mass is 502 g/mol. The second-order valence-electron chi connectivity index (χ2n) is 7.31. The highest BCUT2D eigenvalue weighted by molar-refractivity contribution is 7.98. The number of rotatable bonds is 16. The molecule has 4 atom stereocenters. The molecule has 0 bridgehead atoms. The van der Waals surface area contributed by atoms with Gasteiger partial charge in [0, 0.05) is 24.7 Å². The average Bonchev–Trinajstić information content (AvgIpc) is 3.30. The molecule has 1 heterocycles.